The summed E-state index contributed by atoms with van der Waals surface area (Å²) in [4.78, 5) is 54.5. The van der Waals surface area contributed by atoms with Gasteiger partial charge < -0.3 is 10.1 Å². The Morgan fingerprint density at radius 3 is 2.35 bits per heavy atom. The van der Waals surface area contributed by atoms with E-state index in [1.807, 2.05) is 24.3 Å². The van der Waals surface area contributed by atoms with Crippen molar-refractivity contribution in [1.29, 1.82) is 0 Å². The van der Waals surface area contributed by atoms with E-state index in [2.05, 4.69) is 26.2 Å². The fourth-order valence-electron chi connectivity index (χ4n) is 3.74. The molecule has 0 spiro atoms. The lowest BCUT2D eigenvalue weighted by Crippen LogP contribution is -2.37. The first kappa shape index (κ1) is 26.6. The molecule has 2 aromatic carbocycles. The van der Waals surface area contributed by atoms with Crippen molar-refractivity contribution in [3.8, 4) is 0 Å². The van der Waals surface area contributed by atoms with Gasteiger partial charge in [-0.3, -0.25) is 19.1 Å². The summed E-state index contributed by atoms with van der Waals surface area (Å²) >= 11 is 4.44. The number of H-pyrrole nitrogens is 1. The van der Waals surface area contributed by atoms with Gasteiger partial charge >= 0.3 is 11.7 Å². The summed E-state index contributed by atoms with van der Waals surface area (Å²) in [6, 6.07) is 15.1. The van der Waals surface area contributed by atoms with Gasteiger partial charge in [0.05, 0.1) is 21.9 Å². The number of hydrogen-bond donors (Lipinski definition) is 2. The standard InChI is InChI=1S/C27H26BrN3O5S/c1-15(17-7-9-18(10-8-17)25(34)36-27(2,3)4)31-24(33)20-13-21(37-23(20)30-26(31)35)22(32)29-14-16-5-11-19(28)12-6-16/h5-13,15H,14H2,1-4H3,(H,29,32)(H,30,35). The van der Waals surface area contributed by atoms with Crippen molar-refractivity contribution in [2.24, 2.45) is 0 Å². The van der Waals surface area contributed by atoms with Crippen molar-refractivity contribution in [2.75, 3.05) is 0 Å². The van der Waals surface area contributed by atoms with Crippen LogP contribution in [0.4, 0.5) is 0 Å². The van der Waals surface area contributed by atoms with Crippen LogP contribution in [-0.2, 0) is 11.3 Å². The summed E-state index contributed by atoms with van der Waals surface area (Å²) in [6.45, 7) is 7.43. The molecule has 2 aromatic heterocycles. The van der Waals surface area contributed by atoms with E-state index in [1.54, 1.807) is 52.0 Å². The normalized spacial score (nSPS) is 12.4. The minimum absolute atomic E-state index is 0.260. The molecule has 1 unspecified atom stereocenters. The maximum Gasteiger partial charge on any atom is 0.338 e. The fourth-order valence-corrected chi connectivity index (χ4v) is 4.96. The molecule has 1 atom stereocenters. The number of rotatable bonds is 6. The summed E-state index contributed by atoms with van der Waals surface area (Å²) in [6.07, 6.45) is 0. The first-order valence-electron chi connectivity index (χ1n) is 11.6. The SMILES string of the molecule is CC(c1ccc(C(=O)OC(C)(C)C)cc1)n1c(=O)[nH]c2sc(C(=O)NCc3ccc(Br)cc3)cc2c1=O. The molecule has 0 saturated carbocycles. The van der Waals surface area contributed by atoms with Crippen molar-refractivity contribution in [3.05, 3.63) is 101 Å². The Hall–Kier alpha value is -3.50. The van der Waals surface area contributed by atoms with E-state index in [1.165, 1.54) is 6.07 Å². The zero-order chi connectivity index (χ0) is 26.9. The lowest BCUT2D eigenvalue weighted by atomic mass is 10.1. The van der Waals surface area contributed by atoms with E-state index in [0.717, 1.165) is 25.9 Å². The molecule has 37 heavy (non-hydrogen) atoms. The molecule has 192 valence electrons. The van der Waals surface area contributed by atoms with E-state index in [0.29, 0.717) is 27.4 Å². The number of halogens is 1. The van der Waals surface area contributed by atoms with Crippen LogP contribution in [0.5, 0.6) is 0 Å². The number of fused-ring (bicyclic) bond motifs is 1. The predicted octanol–water partition coefficient (Wildman–Crippen LogP) is 5.01. The summed E-state index contributed by atoms with van der Waals surface area (Å²) < 4.78 is 7.44. The third kappa shape index (κ3) is 6.08. The highest BCUT2D eigenvalue weighted by atomic mass is 79.9. The van der Waals surface area contributed by atoms with Crippen LogP contribution in [0.25, 0.3) is 10.2 Å². The lowest BCUT2D eigenvalue weighted by molar-refractivity contribution is 0.00694. The van der Waals surface area contributed by atoms with Gasteiger partial charge in [-0.15, -0.1) is 11.3 Å². The second kappa shape index (κ2) is 10.5. The maximum absolute atomic E-state index is 13.3. The number of esters is 1. The summed E-state index contributed by atoms with van der Waals surface area (Å²) in [5.41, 5.74) is 0.283. The van der Waals surface area contributed by atoms with Gasteiger partial charge in [-0.25, -0.2) is 9.59 Å². The van der Waals surface area contributed by atoms with Gasteiger partial charge in [0.15, 0.2) is 0 Å². The van der Waals surface area contributed by atoms with Crippen molar-refractivity contribution in [3.63, 3.8) is 0 Å². The van der Waals surface area contributed by atoms with Gasteiger partial charge in [0.25, 0.3) is 11.5 Å². The van der Waals surface area contributed by atoms with Crippen LogP contribution in [-0.4, -0.2) is 27.0 Å². The van der Waals surface area contributed by atoms with Crippen molar-refractivity contribution < 1.29 is 14.3 Å². The number of aromatic amines is 1. The largest absolute Gasteiger partial charge is 0.456 e. The summed E-state index contributed by atoms with van der Waals surface area (Å²) in [5.74, 6) is -0.783. The maximum atomic E-state index is 13.3. The Morgan fingerprint density at radius 1 is 1.08 bits per heavy atom. The lowest BCUT2D eigenvalue weighted by Gasteiger charge is -2.20. The molecule has 4 rings (SSSR count). The number of amides is 1. The summed E-state index contributed by atoms with van der Waals surface area (Å²) in [5, 5.41) is 3.10. The van der Waals surface area contributed by atoms with Crippen molar-refractivity contribution in [2.45, 2.75) is 45.9 Å². The second-order valence-electron chi connectivity index (χ2n) is 9.57. The number of ether oxygens (including phenoxy) is 1. The molecule has 0 fully saturated rings. The minimum atomic E-state index is -0.617. The number of nitrogens with one attached hydrogen (secondary N) is 2. The first-order valence-corrected chi connectivity index (χ1v) is 13.2. The van der Waals surface area contributed by atoms with E-state index in [4.69, 9.17) is 4.74 Å². The third-order valence-electron chi connectivity index (χ3n) is 5.63. The van der Waals surface area contributed by atoms with Gasteiger partial charge in [0.2, 0.25) is 0 Å². The Balaban J connectivity index is 1.57. The molecule has 1 amide bonds. The summed E-state index contributed by atoms with van der Waals surface area (Å²) in [7, 11) is 0. The van der Waals surface area contributed by atoms with Crippen LogP contribution in [0, 0.1) is 0 Å². The molecule has 10 heteroatoms. The quantitative estimate of drug-likeness (QED) is 0.310. The van der Waals surface area contributed by atoms with Crippen LogP contribution in [0.2, 0.25) is 0 Å². The van der Waals surface area contributed by atoms with Gasteiger partial charge in [-0.1, -0.05) is 40.2 Å². The monoisotopic (exact) mass is 583 g/mol. The molecule has 2 heterocycles. The highest BCUT2D eigenvalue weighted by Crippen LogP contribution is 2.23. The molecular weight excluding hydrogens is 558 g/mol. The van der Waals surface area contributed by atoms with Gasteiger partial charge in [0.1, 0.15) is 10.4 Å². The topological polar surface area (TPSA) is 110 Å². The van der Waals surface area contributed by atoms with Crippen LogP contribution in [0.1, 0.15) is 64.9 Å². The van der Waals surface area contributed by atoms with Gasteiger partial charge in [-0.05, 0) is 69.2 Å². The van der Waals surface area contributed by atoms with Gasteiger partial charge in [0, 0.05) is 11.0 Å². The molecule has 2 N–H and O–H groups in total. The Bertz CT molecular complexity index is 1580. The molecule has 0 bridgehead atoms. The van der Waals surface area contributed by atoms with Crippen LogP contribution < -0.4 is 16.6 Å². The second-order valence-corrected chi connectivity index (χ2v) is 11.5. The molecule has 4 aromatic rings. The molecule has 8 nitrogen and oxygen atoms in total. The molecule has 0 aliphatic heterocycles. The molecule has 0 aliphatic rings. The zero-order valence-electron chi connectivity index (χ0n) is 20.8. The smallest absolute Gasteiger partial charge is 0.338 e. The van der Waals surface area contributed by atoms with E-state index in [9.17, 15) is 19.2 Å². The number of carbonyl (C=O) groups is 2. The Morgan fingerprint density at radius 2 is 1.73 bits per heavy atom. The minimum Gasteiger partial charge on any atom is -0.456 e. The van der Waals surface area contributed by atoms with E-state index >= 15 is 0 Å². The van der Waals surface area contributed by atoms with Crippen LogP contribution in [0.3, 0.4) is 0 Å². The average molecular weight is 584 g/mol. The molecule has 0 radical (unpaired) electrons. The van der Waals surface area contributed by atoms with Crippen LogP contribution >= 0.6 is 27.3 Å². The van der Waals surface area contributed by atoms with Crippen molar-refractivity contribution in [1.82, 2.24) is 14.9 Å². The Kier molecular flexibility index (Phi) is 7.52. The zero-order valence-corrected chi connectivity index (χ0v) is 23.2. The van der Waals surface area contributed by atoms with Crippen LogP contribution in [0.15, 0.2) is 68.7 Å². The van der Waals surface area contributed by atoms with Gasteiger partial charge in [-0.2, -0.15) is 0 Å². The number of carbonyl (C=O) groups excluding carboxylic acids is 2. The van der Waals surface area contributed by atoms with E-state index < -0.39 is 28.9 Å². The number of nitrogens with zero attached hydrogens (tertiary/aromatic N) is 1. The number of aromatic nitrogens is 2. The first-order chi connectivity index (χ1) is 17.4. The molecular formula is C27H26BrN3O5S. The fraction of sp³-hybridized carbons (Fsp3) is 0.259. The number of benzene rings is 2. The predicted molar refractivity (Wildman–Crippen MR) is 147 cm³/mol. The molecule has 0 saturated heterocycles. The van der Waals surface area contributed by atoms with Crippen molar-refractivity contribution >= 4 is 49.4 Å². The average Bonchev–Trinajstić information content (AvgIpc) is 3.27. The third-order valence-corrected chi connectivity index (χ3v) is 7.20. The Labute approximate surface area is 225 Å². The van der Waals surface area contributed by atoms with E-state index in [-0.39, 0.29) is 11.3 Å². The highest BCUT2D eigenvalue weighted by molar-refractivity contribution is 9.10. The highest BCUT2D eigenvalue weighted by Gasteiger charge is 2.21. The number of hydrogen-bond acceptors (Lipinski definition) is 6. The number of thiophene rings is 1. The molecule has 0 aliphatic carbocycles.